The van der Waals surface area contributed by atoms with Crippen LogP contribution in [-0.4, -0.2) is 37.2 Å². The number of ether oxygens (including phenoxy) is 1. The molecule has 2 aromatic carbocycles. The maximum absolute atomic E-state index is 12.4. The summed E-state index contributed by atoms with van der Waals surface area (Å²) >= 11 is 0. The molecule has 9 heteroatoms. The first-order valence-corrected chi connectivity index (χ1v) is 9.49. The summed E-state index contributed by atoms with van der Waals surface area (Å²) in [7, 11) is 1.38. The van der Waals surface area contributed by atoms with Crippen molar-refractivity contribution in [2.75, 3.05) is 25.1 Å². The molecule has 0 spiro atoms. The molecule has 0 atom stereocenters. The summed E-state index contributed by atoms with van der Waals surface area (Å²) in [6.45, 7) is 2.16. The predicted molar refractivity (Wildman–Crippen MR) is 112 cm³/mol. The van der Waals surface area contributed by atoms with E-state index < -0.39 is 10.8 Å². The highest BCUT2D eigenvalue weighted by Gasteiger charge is 2.19. The van der Waals surface area contributed by atoms with Crippen molar-refractivity contribution >= 4 is 34.5 Å². The molecule has 0 radical (unpaired) electrons. The van der Waals surface area contributed by atoms with Gasteiger partial charge in [0.1, 0.15) is 0 Å². The van der Waals surface area contributed by atoms with E-state index in [4.69, 9.17) is 9.15 Å². The Balaban J connectivity index is 1.45. The SMILES string of the molecule is COc1cc([N+](=O)[O-])cc2cc(C(=O)N/N=C\c3ccc(N4CCCC4)cc3)oc12. The normalized spacial score (nSPS) is 13.8. The third-order valence-electron chi connectivity index (χ3n) is 4.97. The molecule has 0 aliphatic carbocycles. The van der Waals surface area contributed by atoms with E-state index in [-0.39, 0.29) is 22.8 Å². The number of hydrazone groups is 1. The fourth-order valence-corrected chi connectivity index (χ4v) is 3.44. The van der Waals surface area contributed by atoms with Crippen molar-refractivity contribution in [1.29, 1.82) is 0 Å². The van der Waals surface area contributed by atoms with Crippen LogP contribution in [0.25, 0.3) is 11.0 Å². The maximum Gasteiger partial charge on any atom is 0.307 e. The number of methoxy groups -OCH3 is 1. The Hall–Kier alpha value is -3.88. The van der Waals surface area contributed by atoms with E-state index in [0.717, 1.165) is 18.7 Å². The minimum absolute atomic E-state index is 0.0228. The molecule has 3 aromatic rings. The molecule has 1 aliphatic rings. The van der Waals surface area contributed by atoms with E-state index in [2.05, 4.69) is 15.4 Å². The summed E-state index contributed by atoms with van der Waals surface area (Å²) in [5.41, 5.74) is 4.54. The number of furan rings is 1. The summed E-state index contributed by atoms with van der Waals surface area (Å²) in [5, 5.41) is 15.4. The summed E-state index contributed by atoms with van der Waals surface area (Å²) in [4.78, 5) is 25.2. The number of benzene rings is 2. The Kier molecular flexibility index (Phi) is 5.34. The largest absolute Gasteiger partial charge is 0.493 e. The number of hydrogen-bond acceptors (Lipinski definition) is 7. The molecule has 154 valence electrons. The first-order chi connectivity index (χ1) is 14.5. The van der Waals surface area contributed by atoms with Gasteiger partial charge in [0.2, 0.25) is 0 Å². The minimum atomic E-state index is -0.569. The second-order valence-electron chi connectivity index (χ2n) is 6.92. The van der Waals surface area contributed by atoms with Crippen molar-refractivity contribution in [3.8, 4) is 5.75 Å². The maximum atomic E-state index is 12.4. The second kappa shape index (κ2) is 8.24. The molecule has 30 heavy (non-hydrogen) atoms. The van der Waals surface area contributed by atoms with Gasteiger partial charge in [0, 0.05) is 30.2 Å². The lowest BCUT2D eigenvalue weighted by molar-refractivity contribution is -0.384. The van der Waals surface area contributed by atoms with E-state index >= 15 is 0 Å². The lowest BCUT2D eigenvalue weighted by Gasteiger charge is -2.17. The fourth-order valence-electron chi connectivity index (χ4n) is 3.44. The number of anilines is 1. The van der Waals surface area contributed by atoms with Gasteiger partial charge in [-0.1, -0.05) is 12.1 Å². The summed E-state index contributed by atoms with van der Waals surface area (Å²) in [5.74, 6) is -0.411. The molecule has 0 saturated carbocycles. The van der Waals surface area contributed by atoms with Crippen molar-refractivity contribution in [2.24, 2.45) is 5.10 Å². The zero-order chi connectivity index (χ0) is 21.1. The van der Waals surface area contributed by atoms with Crippen molar-refractivity contribution in [3.05, 3.63) is 63.9 Å². The molecule has 0 bridgehead atoms. The number of carbonyl (C=O) groups excluding carboxylic acids is 1. The van der Waals surface area contributed by atoms with Gasteiger partial charge in [0.25, 0.3) is 5.69 Å². The summed E-state index contributed by atoms with van der Waals surface area (Å²) < 4.78 is 10.7. The Labute approximate surface area is 172 Å². The van der Waals surface area contributed by atoms with Gasteiger partial charge in [-0.2, -0.15) is 5.10 Å². The zero-order valence-corrected chi connectivity index (χ0v) is 16.3. The van der Waals surface area contributed by atoms with E-state index in [9.17, 15) is 14.9 Å². The van der Waals surface area contributed by atoms with Gasteiger partial charge in [-0.25, -0.2) is 5.43 Å². The number of nitro benzene ring substituents is 1. The molecule has 2 heterocycles. The van der Waals surface area contributed by atoms with Crippen molar-refractivity contribution < 1.29 is 18.9 Å². The standard InChI is InChI=1S/C21H20N4O5/c1-29-18-12-17(25(27)28)10-15-11-19(30-20(15)18)21(26)23-22-13-14-4-6-16(7-5-14)24-8-2-3-9-24/h4-7,10-13H,2-3,8-9H2,1H3,(H,23,26)/b22-13-. The Morgan fingerprint density at radius 3 is 2.63 bits per heavy atom. The number of non-ortho nitro benzene ring substituents is 1. The summed E-state index contributed by atoms with van der Waals surface area (Å²) in [6, 6.07) is 11.9. The lowest BCUT2D eigenvalue weighted by atomic mass is 10.2. The number of nitro groups is 1. The van der Waals surface area contributed by atoms with Crippen LogP contribution in [0.3, 0.4) is 0 Å². The average molecular weight is 408 g/mol. The Morgan fingerprint density at radius 1 is 1.23 bits per heavy atom. The van der Waals surface area contributed by atoms with Gasteiger partial charge in [0.15, 0.2) is 17.1 Å². The molecule has 1 fully saturated rings. The molecule has 4 rings (SSSR count). The third kappa shape index (κ3) is 3.95. The number of nitrogens with one attached hydrogen (secondary N) is 1. The van der Waals surface area contributed by atoms with Crippen molar-refractivity contribution in [1.82, 2.24) is 5.43 Å². The monoisotopic (exact) mass is 408 g/mol. The van der Waals surface area contributed by atoms with E-state index in [0.29, 0.717) is 5.39 Å². The second-order valence-corrected chi connectivity index (χ2v) is 6.92. The number of carbonyl (C=O) groups is 1. The van der Waals surface area contributed by atoms with Crippen LogP contribution in [0, 0.1) is 10.1 Å². The number of hydrogen-bond donors (Lipinski definition) is 1. The van der Waals surface area contributed by atoms with Crippen LogP contribution in [0.1, 0.15) is 29.0 Å². The van der Waals surface area contributed by atoms with Crippen LogP contribution in [-0.2, 0) is 0 Å². The fraction of sp³-hybridized carbons (Fsp3) is 0.238. The number of rotatable bonds is 6. The minimum Gasteiger partial charge on any atom is -0.493 e. The van der Waals surface area contributed by atoms with Gasteiger partial charge >= 0.3 is 5.91 Å². The highest BCUT2D eigenvalue weighted by atomic mass is 16.6. The molecular weight excluding hydrogens is 388 g/mol. The molecule has 1 N–H and O–H groups in total. The first-order valence-electron chi connectivity index (χ1n) is 9.49. The highest BCUT2D eigenvalue weighted by molar-refractivity contribution is 5.98. The molecule has 1 aliphatic heterocycles. The van der Waals surface area contributed by atoms with Gasteiger partial charge < -0.3 is 14.1 Å². The summed E-state index contributed by atoms with van der Waals surface area (Å²) in [6.07, 6.45) is 3.98. The number of nitrogens with zero attached hydrogens (tertiary/aromatic N) is 3. The van der Waals surface area contributed by atoms with Crippen LogP contribution in [0.5, 0.6) is 5.75 Å². The lowest BCUT2D eigenvalue weighted by Crippen LogP contribution is -2.17. The average Bonchev–Trinajstić information content (AvgIpc) is 3.43. The van der Waals surface area contributed by atoms with Crippen molar-refractivity contribution in [2.45, 2.75) is 12.8 Å². The van der Waals surface area contributed by atoms with E-state index in [1.165, 1.54) is 43.8 Å². The molecule has 1 saturated heterocycles. The quantitative estimate of drug-likeness (QED) is 0.378. The topological polar surface area (TPSA) is 110 Å². The van der Waals surface area contributed by atoms with E-state index in [1.54, 1.807) is 6.21 Å². The van der Waals surface area contributed by atoms with Crippen molar-refractivity contribution in [3.63, 3.8) is 0 Å². The van der Waals surface area contributed by atoms with Gasteiger partial charge in [-0.15, -0.1) is 0 Å². The van der Waals surface area contributed by atoms with Crippen LogP contribution >= 0.6 is 0 Å². The van der Waals surface area contributed by atoms with Crippen LogP contribution < -0.4 is 15.1 Å². The third-order valence-corrected chi connectivity index (χ3v) is 4.97. The predicted octanol–water partition coefficient (Wildman–Crippen LogP) is 3.71. The van der Waals surface area contributed by atoms with Crippen LogP contribution in [0.2, 0.25) is 0 Å². The van der Waals surface area contributed by atoms with Crippen LogP contribution in [0.4, 0.5) is 11.4 Å². The molecule has 1 aromatic heterocycles. The molecular formula is C21H20N4O5. The highest BCUT2D eigenvalue weighted by Crippen LogP contribution is 2.33. The van der Waals surface area contributed by atoms with Gasteiger partial charge in [0.05, 0.1) is 24.3 Å². The smallest absolute Gasteiger partial charge is 0.307 e. The van der Waals surface area contributed by atoms with E-state index in [1.807, 2.05) is 24.3 Å². The molecule has 0 unspecified atom stereocenters. The molecule has 9 nitrogen and oxygen atoms in total. The number of fused-ring (bicyclic) bond motifs is 1. The molecule has 1 amide bonds. The first kappa shape index (κ1) is 19.4. The number of amides is 1. The zero-order valence-electron chi connectivity index (χ0n) is 16.3. The van der Waals surface area contributed by atoms with Gasteiger partial charge in [-0.3, -0.25) is 14.9 Å². The Bertz CT molecular complexity index is 1110. The van der Waals surface area contributed by atoms with Gasteiger partial charge in [-0.05, 0) is 36.6 Å². The van der Waals surface area contributed by atoms with Crippen LogP contribution in [0.15, 0.2) is 52.0 Å². The Morgan fingerprint density at radius 2 is 1.97 bits per heavy atom.